The van der Waals surface area contributed by atoms with Gasteiger partial charge >= 0.3 is 0 Å². The van der Waals surface area contributed by atoms with E-state index in [0.717, 1.165) is 31.5 Å². The molecule has 0 N–H and O–H groups in total. The molecule has 4 aliphatic rings. The van der Waals surface area contributed by atoms with Crippen LogP contribution >= 0.6 is 0 Å². The lowest BCUT2D eigenvalue weighted by molar-refractivity contribution is -0.00342. The van der Waals surface area contributed by atoms with Crippen LogP contribution in [0, 0.1) is 11.7 Å². The van der Waals surface area contributed by atoms with Gasteiger partial charge in [0.1, 0.15) is 5.82 Å². The van der Waals surface area contributed by atoms with E-state index in [1.54, 1.807) is 25.4 Å². The Morgan fingerprint density at radius 2 is 1.89 bits per heavy atom. The van der Waals surface area contributed by atoms with Crippen LogP contribution in [-0.2, 0) is 0 Å². The molecule has 6 heteroatoms. The van der Waals surface area contributed by atoms with E-state index in [1.165, 1.54) is 12.1 Å². The number of methoxy groups -OCH3 is 1. The quantitative estimate of drug-likeness (QED) is 0.820. The van der Waals surface area contributed by atoms with Crippen LogP contribution in [0.3, 0.4) is 0 Å². The number of piperidine rings is 3. The highest BCUT2D eigenvalue weighted by Crippen LogP contribution is 2.47. The first-order valence-corrected chi connectivity index (χ1v) is 9.96. The minimum absolute atomic E-state index is 0.0362. The Balaban J connectivity index is 1.51. The summed E-state index contributed by atoms with van der Waals surface area (Å²) in [4.78, 5) is 22.2. The minimum Gasteiger partial charge on any atom is -0.481 e. The van der Waals surface area contributed by atoms with Crippen LogP contribution in [0.4, 0.5) is 4.39 Å². The van der Waals surface area contributed by atoms with Crippen molar-refractivity contribution in [2.75, 3.05) is 26.7 Å². The van der Waals surface area contributed by atoms with E-state index in [1.807, 2.05) is 12.1 Å². The molecule has 4 saturated heterocycles. The molecule has 1 aromatic heterocycles. The van der Waals surface area contributed by atoms with Gasteiger partial charge in [0.15, 0.2) is 0 Å². The van der Waals surface area contributed by atoms with Crippen LogP contribution in [0.25, 0.3) is 0 Å². The van der Waals surface area contributed by atoms with Crippen LogP contribution in [0.15, 0.2) is 42.6 Å². The summed E-state index contributed by atoms with van der Waals surface area (Å²) in [6.45, 7) is 2.85. The van der Waals surface area contributed by atoms with Gasteiger partial charge < -0.3 is 9.64 Å². The van der Waals surface area contributed by atoms with Crippen LogP contribution in [0.5, 0.6) is 5.88 Å². The average molecular weight is 381 g/mol. The first kappa shape index (κ1) is 17.6. The number of hydrogen-bond donors (Lipinski definition) is 0. The third-order valence-corrected chi connectivity index (χ3v) is 6.74. The fourth-order valence-electron chi connectivity index (χ4n) is 5.48. The summed E-state index contributed by atoms with van der Waals surface area (Å²) in [5.41, 5.74) is 1.73. The van der Waals surface area contributed by atoms with Crippen molar-refractivity contribution < 1.29 is 13.9 Å². The van der Waals surface area contributed by atoms with E-state index in [9.17, 15) is 9.18 Å². The van der Waals surface area contributed by atoms with Crippen molar-refractivity contribution in [3.63, 3.8) is 0 Å². The number of carbonyl (C=O) groups is 1. The molecule has 0 spiro atoms. The van der Waals surface area contributed by atoms with Crippen LogP contribution in [-0.4, -0.2) is 59.5 Å². The van der Waals surface area contributed by atoms with Crippen molar-refractivity contribution in [1.29, 1.82) is 0 Å². The van der Waals surface area contributed by atoms with Gasteiger partial charge in [-0.25, -0.2) is 9.37 Å². The molecule has 4 fully saturated rings. The molecular weight excluding hydrogens is 357 g/mol. The zero-order valence-electron chi connectivity index (χ0n) is 15.9. The Labute approximate surface area is 164 Å². The average Bonchev–Trinajstić information content (AvgIpc) is 3.17. The number of amides is 1. The molecule has 5 nitrogen and oxygen atoms in total. The largest absolute Gasteiger partial charge is 0.481 e. The van der Waals surface area contributed by atoms with E-state index >= 15 is 0 Å². The number of benzene rings is 1. The van der Waals surface area contributed by atoms with Gasteiger partial charge in [-0.2, -0.15) is 0 Å². The molecule has 0 aliphatic carbocycles. The number of likely N-dealkylation sites (tertiary alicyclic amines) is 1. The maximum absolute atomic E-state index is 13.5. The van der Waals surface area contributed by atoms with Crippen molar-refractivity contribution in [3.05, 3.63) is 59.5 Å². The van der Waals surface area contributed by atoms with Gasteiger partial charge in [0.25, 0.3) is 5.91 Å². The molecule has 6 rings (SSSR count). The first-order valence-electron chi connectivity index (χ1n) is 9.96. The second-order valence-corrected chi connectivity index (χ2v) is 8.06. The number of hydrogen-bond acceptors (Lipinski definition) is 4. The highest BCUT2D eigenvalue weighted by Gasteiger charge is 2.54. The van der Waals surface area contributed by atoms with Crippen molar-refractivity contribution in [2.45, 2.75) is 30.8 Å². The predicted molar refractivity (Wildman–Crippen MR) is 103 cm³/mol. The smallest absolute Gasteiger partial charge is 0.254 e. The topological polar surface area (TPSA) is 45.7 Å². The van der Waals surface area contributed by atoms with Gasteiger partial charge in [-0.3, -0.25) is 9.69 Å². The summed E-state index contributed by atoms with van der Waals surface area (Å²) >= 11 is 0. The molecule has 0 saturated carbocycles. The number of fused-ring (bicyclic) bond motifs is 2. The second kappa shape index (κ2) is 6.85. The summed E-state index contributed by atoms with van der Waals surface area (Å²) in [6.07, 6.45) is 3.90. The van der Waals surface area contributed by atoms with E-state index in [2.05, 4.69) is 14.8 Å². The highest BCUT2D eigenvalue weighted by molar-refractivity contribution is 5.95. The molecular formula is C22H24FN3O2. The summed E-state index contributed by atoms with van der Waals surface area (Å²) in [7, 11) is 1.56. The zero-order valence-corrected chi connectivity index (χ0v) is 15.9. The first-order chi connectivity index (χ1) is 13.7. The Bertz CT molecular complexity index is 880. The Kier molecular flexibility index (Phi) is 4.31. The lowest BCUT2D eigenvalue weighted by Gasteiger charge is -2.51. The molecule has 4 aliphatic heterocycles. The number of halogens is 1. The fourth-order valence-corrected chi connectivity index (χ4v) is 5.48. The third-order valence-electron chi connectivity index (χ3n) is 6.74. The van der Waals surface area contributed by atoms with E-state index in [0.29, 0.717) is 29.9 Å². The lowest BCUT2D eigenvalue weighted by Crippen LogP contribution is -2.60. The Morgan fingerprint density at radius 3 is 2.61 bits per heavy atom. The van der Waals surface area contributed by atoms with Crippen molar-refractivity contribution in [2.24, 2.45) is 5.92 Å². The van der Waals surface area contributed by atoms with Crippen molar-refractivity contribution in [1.82, 2.24) is 14.8 Å². The van der Waals surface area contributed by atoms with Crippen LogP contribution in [0.1, 0.15) is 34.7 Å². The second-order valence-electron chi connectivity index (χ2n) is 8.06. The maximum Gasteiger partial charge on any atom is 0.254 e. The Morgan fingerprint density at radius 1 is 1.14 bits per heavy atom. The third kappa shape index (κ3) is 2.78. The molecule has 1 amide bonds. The van der Waals surface area contributed by atoms with Gasteiger partial charge in [-0.1, -0.05) is 12.1 Å². The summed E-state index contributed by atoms with van der Waals surface area (Å²) < 4.78 is 18.7. The molecule has 146 valence electrons. The van der Waals surface area contributed by atoms with Crippen molar-refractivity contribution in [3.8, 4) is 5.88 Å². The number of rotatable bonds is 3. The summed E-state index contributed by atoms with van der Waals surface area (Å²) in [6, 6.07) is 10.8. The van der Waals surface area contributed by atoms with Crippen LogP contribution in [0.2, 0.25) is 0 Å². The van der Waals surface area contributed by atoms with Gasteiger partial charge in [-0.05, 0) is 55.6 Å². The minimum atomic E-state index is -0.222. The monoisotopic (exact) mass is 381 g/mol. The predicted octanol–water partition coefficient (Wildman–Crippen LogP) is 2.93. The number of pyridine rings is 1. The lowest BCUT2D eigenvalue weighted by atomic mass is 9.75. The van der Waals surface area contributed by atoms with Crippen molar-refractivity contribution >= 4 is 5.91 Å². The molecule has 1 aromatic carbocycles. The molecule has 0 radical (unpaired) electrons. The molecule has 0 unspecified atom stereocenters. The van der Waals surface area contributed by atoms with Gasteiger partial charge in [0.2, 0.25) is 5.88 Å². The highest BCUT2D eigenvalue weighted by atomic mass is 19.1. The molecule has 3 atom stereocenters. The molecule has 28 heavy (non-hydrogen) atoms. The van der Waals surface area contributed by atoms with Crippen LogP contribution < -0.4 is 4.74 Å². The van der Waals surface area contributed by atoms with Gasteiger partial charge in [0, 0.05) is 36.3 Å². The zero-order chi connectivity index (χ0) is 19.3. The number of carbonyl (C=O) groups excluding carboxylic acids is 1. The van der Waals surface area contributed by atoms with Gasteiger partial charge in [-0.15, -0.1) is 0 Å². The Hall–Kier alpha value is -2.47. The summed E-state index contributed by atoms with van der Waals surface area (Å²) in [5, 5.41) is 0. The van der Waals surface area contributed by atoms with E-state index < -0.39 is 0 Å². The molecule has 5 heterocycles. The standard InChI is InChI=1S/C22H24FN3O2/c1-28-19-12-16(6-9-24-19)22(27)26-13-18(14-2-4-17(23)5-3-14)21-20(26)15-7-10-25(21)11-8-15/h2-6,9,12,15,18,20-21H,7-8,10-11,13H2,1H3/t18-,20+,21+/m1/s1. The van der Waals surface area contributed by atoms with E-state index in [-0.39, 0.29) is 23.7 Å². The normalized spacial score (nSPS) is 30.9. The van der Waals surface area contributed by atoms with E-state index in [4.69, 9.17) is 4.74 Å². The SMILES string of the molecule is COc1cc(C(=O)N2C[C@H](c3ccc(F)cc3)[C@H]3[C@@H]2C2CCN3CC2)ccn1. The summed E-state index contributed by atoms with van der Waals surface area (Å²) in [5.74, 6) is 1.01. The maximum atomic E-state index is 13.5. The molecule has 2 bridgehead atoms. The van der Waals surface area contributed by atoms with Gasteiger partial charge in [0.05, 0.1) is 13.2 Å². The fraction of sp³-hybridized carbons (Fsp3) is 0.455. The molecule has 2 aromatic rings. The number of aromatic nitrogens is 1. The number of nitrogens with zero attached hydrogens (tertiary/aromatic N) is 3. The number of ether oxygens (including phenoxy) is 1.